The number of rotatable bonds is 8. The third-order valence-corrected chi connectivity index (χ3v) is 5.91. The number of carbonyl (C=O) groups is 2. The first kappa shape index (κ1) is 23.5. The zero-order chi connectivity index (χ0) is 21.6. The van der Waals surface area contributed by atoms with Crippen LogP contribution < -0.4 is 5.32 Å². The molecule has 2 atom stereocenters. The summed E-state index contributed by atoms with van der Waals surface area (Å²) in [7, 11) is 0. The zero-order valence-corrected chi connectivity index (χ0v) is 19.0. The standard InChI is InChI=1S/C22H25Cl3N2O2/c1-4-14(2)26-22(29)15(3)27(13-17-7-5-6-8-18(17)23)21(28)12-16-9-10-19(24)20(25)11-16/h5-11,14-15H,4,12-13H2,1-3H3,(H,26,29)/t14-,15+/m0/s1. The molecular formula is C22H25Cl3N2O2. The van der Waals surface area contributed by atoms with E-state index in [9.17, 15) is 9.59 Å². The fourth-order valence-electron chi connectivity index (χ4n) is 2.78. The topological polar surface area (TPSA) is 49.4 Å². The van der Waals surface area contributed by atoms with Gasteiger partial charge in [0, 0.05) is 17.6 Å². The Bertz CT molecular complexity index is 873. The van der Waals surface area contributed by atoms with E-state index in [0.717, 1.165) is 17.5 Å². The lowest BCUT2D eigenvalue weighted by molar-refractivity contribution is -0.140. The van der Waals surface area contributed by atoms with Crippen molar-refractivity contribution in [2.24, 2.45) is 0 Å². The fraction of sp³-hybridized carbons (Fsp3) is 0.364. The molecule has 0 aliphatic heterocycles. The van der Waals surface area contributed by atoms with Crippen LogP contribution in [-0.2, 0) is 22.6 Å². The van der Waals surface area contributed by atoms with Gasteiger partial charge in [-0.25, -0.2) is 0 Å². The molecule has 0 aromatic heterocycles. The lowest BCUT2D eigenvalue weighted by atomic mass is 10.1. The van der Waals surface area contributed by atoms with Crippen molar-refractivity contribution in [1.82, 2.24) is 10.2 Å². The number of benzene rings is 2. The molecule has 2 aromatic rings. The van der Waals surface area contributed by atoms with Crippen molar-refractivity contribution in [3.05, 3.63) is 68.7 Å². The normalized spacial score (nSPS) is 12.9. The number of hydrogen-bond donors (Lipinski definition) is 1. The summed E-state index contributed by atoms with van der Waals surface area (Å²) in [6.07, 6.45) is 0.905. The van der Waals surface area contributed by atoms with E-state index < -0.39 is 6.04 Å². The van der Waals surface area contributed by atoms with Gasteiger partial charge in [-0.2, -0.15) is 0 Å². The van der Waals surface area contributed by atoms with E-state index >= 15 is 0 Å². The molecule has 0 aliphatic carbocycles. The minimum atomic E-state index is -0.657. The Kier molecular flexibility index (Phi) is 8.81. The van der Waals surface area contributed by atoms with Crippen molar-refractivity contribution in [3.8, 4) is 0 Å². The Hall–Kier alpha value is -1.75. The van der Waals surface area contributed by atoms with Crippen LogP contribution in [0.15, 0.2) is 42.5 Å². The van der Waals surface area contributed by atoms with E-state index in [4.69, 9.17) is 34.8 Å². The second-order valence-electron chi connectivity index (χ2n) is 7.03. The number of nitrogens with one attached hydrogen (secondary N) is 1. The molecule has 2 aromatic carbocycles. The molecule has 156 valence electrons. The Labute approximate surface area is 187 Å². The molecule has 0 spiro atoms. The number of amides is 2. The quantitative estimate of drug-likeness (QED) is 0.569. The van der Waals surface area contributed by atoms with Gasteiger partial charge in [0.15, 0.2) is 0 Å². The van der Waals surface area contributed by atoms with Crippen molar-refractivity contribution in [3.63, 3.8) is 0 Å². The summed E-state index contributed by atoms with van der Waals surface area (Å²) in [5, 5.41) is 4.31. The average molecular weight is 456 g/mol. The smallest absolute Gasteiger partial charge is 0.242 e. The van der Waals surface area contributed by atoms with E-state index in [1.807, 2.05) is 32.0 Å². The summed E-state index contributed by atoms with van der Waals surface area (Å²) in [6, 6.07) is 11.7. The van der Waals surface area contributed by atoms with Gasteiger partial charge in [0.2, 0.25) is 11.8 Å². The lowest BCUT2D eigenvalue weighted by Crippen LogP contribution is -2.49. The van der Waals surface area contributed by atoms with Crippen LogP contribution in [0.2, 0.25) is 15.1 Å². The highest BCUT2D eigenvalue weighted by atomic mass is 35.5. The van der Waals surface area contributed by atoms with E-state index in [2.05, 4.69) is 5.32 Å². The van der Waals surface area contributed by atoms with Crippen LogP contribution in [0.4, 0.5) is 0 Å². The van der Waals surface area contributed by atoms with Crippen LogP contribution in [0.25, 0.3) is 0 Å². The second-order valence-corrected chi connectivity index (χ2v) is 8.25. The van der Waals surface area contributed by atoms with Crippen LogP contribution in [0, 0.1) is 0 Å². The molecule has 1 N–H and O–H groups in total. The van der Waals surface area contributed by atoms with Crippen molar-refractivity contribution >= 4 is 46.6 Å². The monoisotopic (exact) mass is 454 g/mol. The highest BCUT2D eigenvalue weighted by Gasteiger charge is 2.27. The summed E-state index contributed by atoms with van der Waals surface area (Å²) in [5.41, 5.74) is 1.50. The number of halogens is 3. The van der Waals surface area contributed by atoms with Gasteiger partial charge < -0.3 is 10.2 Å². The second kappa shape index (κ2) is 10.9. The molecule has 2 amide bonds. The van der Waals surface area contributed by atoms with Crippen LogP contribution in [-0.4, -0.2) is 28.8 Å². The Morgan fingerprint density at radius 1 is 1.00 bits per heavy atom. The molecule has 0 saturated carbocycles. The first-order valence-electron chi connectivity index (χ1n) is 9.50. The highest BCUT2D eigenvalue weighted by molar-refractivity contribution is 6.42. The summed E-state index contributed by atoms with van der Waals surface area (Å²) in [6.45, 7) is 5.88. The van der Waals surface area contributed by atoms with Gasteiger partial charge >= 0.3 is 0 Å². The summed E-state index contributed by atoms with van der Waals surface area (Å²) >= 11 is 18.3. The maximum atomic E-state index is 13.2. The third-order valence-electron chi connectivity index (χ3n) is 4.81. The molecule has 0 saturated heterocycles. The molecular weight excluding hydrogens is 431 g/mol. The molecule has 7 heteroatoms. The van der Waals surface area contributed by atoms with Crippen LogP contribution >= 0.6 is 34.8 Å². The van der Waals surface area contributed by atoms with Crippen LogP contribution in [0.3, 0.4) is 0 Å². The third kappa shape index (κ3) is 6.63. The van der Waals surface area contributed by atoms with Crippen molar-refractivity contribution in [2.75, 3.05) is 0 Å². The van der Waals surface area contributed by atoms with E-state index in [0.29, 0.717) is 15.1 Å². The highest BCUT2D eigenvalue weighted by Crippen LogP contribution is 2.24. The summed E-state index contributed by atoms with van der Waals surface area (Å²) in [5.74, 6) is -0.399. The minimum absolute atomic E-state index is 0.0253. The van der Waals surface area contributed by atoms with E-state index in [1.165, 1.54) is 0 Å². The summed E-state index contributed by atoms with van der Waals surface area (Å²) in [4.78, 5) is 27.4. The number of carbonyl (C=O) groups excluding carboxylic acids is 2. The average Bonchev–Trinajstić information content (AvgIpc) is 2.69. The molecule has 29 heavy (non-hydrogen) atoms. The van der Waals surface area contributed by atoms with Gasteiger partial charge in [0.25, 0.3) is 0 Å². The van der Waals surface area contributed by atoms with Crippen LogP contribution in [0.5, 0.6) is 0 Å². The largest absolute Gasteiger partial charge is 0.352 e. The van der Waals surface area contributed by atoms with Crippen molar-refractivity contribution in [2.45, 2.75) is 52.2 Å². The molecule has 0 aliphatic rings. The van der Waals surface area contributed by atoms with E-state index in [1.54, 1.807) is 36.1 Å². The molecule has 0 fully saturated rings. The molecule has 0 unspecified atom stereocenters. The maximum Gasteiger partial charge on any atom is 0.242 e. The Morgan fingerprint density at radius 2 is 1.69 bits per heavy atom. The van der Waals surface area contributed by atoms with Gasteiger partial charge in [-0.15, -0.1) is 0 Å². The first-order valence-corrected chi connectivity index (χ1v) is 10.6. The lowest BCUT2D eigenvalue weighted by Gasteiger charge is -2.30. The van der Waals surface area contributed by atoms with E-state index in [-0.39, 0.29) is 30.8 Å². The van der Waals surface area contributed by atoms with Crippen molar-refractivity contribution in [1.29, 1.82) is 0 Å². The SMILES string of the molecule is CC[C@H](C)NC(=O)[C@@H](C)N(Cc1ccccc1Cl)C(=O)Cc1ccc(Cl)c(Cl)c1. The van der Waals surface area contributed by atoms with Gasteiger partial charge in [0.05, 0.1) is 16.5 Å². The maximum absolute atomic E-state index is 13.2. The predicted octanol–water partition coefficient (Wildman–Crippen LogP) is 5.52. The predicted molar refractivity (Wildman–Crippen MR) is 120 cm³/mol. The molecule has 4 nitrogen and oxygen atoms in total. The zero-order valence-electron chi connectivity index (χ0n) is 16.7. The summed E-state index contributed by atoms with van der Waals surface area (Å²) < 4.78 is 0. The Morgan fingerprint density at radius 3 is 2.31 bits per heavy atom. The fourth-order valence-corrected chi connectivity index (χ4v) is 3.30. The van der Waals surface area contributed by atoms with Gasteiger partial charge in [-0.3, -0.25) is 9.59 Å². The molecule has 2 rings (SSSR count). The Balaban J connectivity index is 2.27. The molecule has 0 bridgehead atoms. The van der Waals surface area contributed by atoms with Gasteiger partial charge in [-0.05, 0) is 49.6 Å². The molecule has 0 heterocycles. The molecule has 0 radical (unpaired) electrons. The number of nitrogens with zero attached hydrogens (tertiary/aromatic N) is 1. The number of hydrogen-bond acceptors (Lipinski definition) is 2. The minimum Gasteiger partial charge on any atom is -0.352 e. The van der Waals surface area contributed by atoms with Gasteiger partial charge in [-0.1, -0.05) is 66.0 Å². The van der Waals surface area contributed by atoms with Gasteiger partial charge in [0.1, 0.15) is 6.04 Å². The van der Waals surface area contributed by atoms with Crippen LogP contribution in [0.1, 0.15) is 38.3 Å². The first-order chi connectivity index (χ1) is 13.7. The van der Waals surface area contributed by atoms with Crippen molar-refractivity contribution < 1.29 is 9.59 Å².